The summed E-state index contributed by atoms with van der Waals surface area (Å²) in [5.41, 5.74) is 5.74. The fraction of sp³-hybridized carbons (Fsp3) is 0.500. The lowest BCUT2D eigenvalue weighted by Gasteiger charge is -2.45. The monoisotopic (exact) mass is 496 g/mol. The van der Waals surface area contributed by atoms with Crippen molar-refractivity contribution in [2.75, 3.05) is 12.0 Å². The molecule has 0 aliphatic carbocycles. The number of amides is 2. The van der Waals surface area contributed by atoms with E-state index in [1.54, 1.807) is 12.1 Å². The van der Waals surface area contributed by atoms with E-state index in [9.17, 15) is 27.0 Å². The molecule has 0 radical (unpaired) electrons. The lowest BCUT2D eigenvalue weighted by molar-refractivity contribution is -0.159. The Balaban J connectivity index is 1.77. The Morgan fingerprint density at radius 1 is 1.24 bits per heavy atom. The molecule has 1 saturated heterocycles. The summed E-state index contributed by atoms with van der Waals surface area (Å²) < 4.78 is 41.5. The van der Waals surface area contributed by atoms with Gasteiger partial charge in [0.2, 0.25) is 11.8 Å². The highest BCUT2D eigenvalue weighted by Gasteiger charge is 2.56. The van der Waals surface area contributed by atoms with Crippen LogP contribution >= 0.6 is 0 Å². The quantitative estimate of drug-likeness (QED) is 0.379. The van der Waals surface area contributed by atoms with E-state index in [1.807, 2.05) is 13.8 Å². The van der Waals surface area contributed by atoms with Gasteiger partial charge in [-0.15, -0.1) is 0 Å². The summed E-state index contributed by atoms with van der Waals surface area (Å²) in [6, 6.07) is 5.71. The number of benzene rings is 1. The van der Waals surface area contributed by atoms with Gasteiger partial charge in [-0.1, -0.05) is 26.0 Å². The summed E-state index contributed by atoms with van der Waals surface area (Å²) in [4.78, 5) is 38.6. The lowest BCUT2D eigenvalue weighted by Crippen LogP contribution is -2.60. The van der Waals surface area contributed by atoms with Crippen LogP contribution in [0.1, 0.15) is 38.7 Å². The van der Waals surface area contributed by atoms with Crippen LogP contribution in [0.3, 0.4) is 0 Å². The van der Waals surface area contributed by atoms with Crippen molar-refractivity contribution in [3.8, 4) is 0 Å². The van der Waals surface area contributed by atoms with Crippen LogP contribution in [-0.2, 0) is 46.4 Å². The molecule has 1 aromatic carbocycles. The fourth-order valence-corrected chi connectivity index (χ4v) is 6.21. The minimum Gasteiger partial charge on any atom is -0.456 e. The number of carbonyl (C=O) groups is 3. The minimum absolute atomic E-state index is 0.0204. The van der Waals surface area contributed by atoms with Crippen molar-refractivity contribution < 1.29 is 31.7 Å². The third kappa shape index (κ3) is 5.35. The standard InChI is InChI=1S/C22H28N2O7S2/c1-13(2)19-16-11-17(32(28)10-4-5-18(23)25)20(24(16)21(19)26)22(27)31-12-14-6-8-15(9-7-14)33(3,29)30/h6-9,13,16,19H,4-5,10-12H2,1-3H3,(H2,23,25). The lowest BCUT2D eigenvalue weighted by atomic mass is 9.79. The van der Waals surface area contributed by atoms with Gasteiger partial charge in [0.25, 0.3) is 0 Å². The Hall–Kier alpha value is -2.53. The molecule has 3 unspecified atom stereocenters. The molecule has 3 atom stereocenters. The highest BCUT2D eigenvalue weighted by molar-refractivity contribution is 7.90. The Labute approximate surface area is 195 Å². The second kappa shape index (κ2) is 9.76. The van der Waals surface area contributed by atoms with E-state index >= 15 is 0 Å². The summed E-state index contributed by atoms with van der Waals surface area (Å²) in [5, 5.41) is 0. The number of carbonyl (C=O) groups excluding carboxylic acids is 3. The molecule has 33 heavy (non-hydrogen) atoms. The van der Waals surface area contributed by atoms with Crippen molar-refractivity contribution >= 4 is 38.4 Å². The van der Waals surface area contributed by atoms with E-state index in [0.29, 0.717) is 23.3 Å². The normalized spacial score (nSPS) is 21.1. The molecule has 3 rings (SSSR count). The van der Waals surface area contributed by atoms with Crippen LogP contribution in [0.2, 0.25) is 0 Å². The first kappa shape index (κ1) is 25.1. The highest BCUT2D eigenvalue weighted by atomic mass is 32.2. The van der Waals surface area contributed by atoms with E-state index in [-0.39, 0.29) is 53.2 Å². The van der Waals surface area contributed by atoms with E-state index in [4.69, 9.17) is 10.5 Å². The SMILES string of the molecule is CC(C)C1C(=O)N2C(C(=O)OCc3ccc(S(C)(=O)=O)cc3)=C(S(=O)CCCC(N)=O)CC12. The van der Waals surface area contributed by atoms with Gasteiger partial charge in [-0.05, 0) is 30.0 Å². The Morgan fingerprint density at radius 3 is 2.42 bits per heavy atom. The van der Waals surface area contributed by atoms with Gasteiger partial charge in [-0.25, -0.2) is 13.2 Å². The number of hydrogen-bond acceptors (Lipinski definition) is 7. The van der Waals surface area contributed by atoms with Crippen LogP contribution in [-0.4, -0.2) is 53.4 Å². The molecule has 0 bridgehead atoms. The van der Waals surface area contributed by atoms with Gasteiger partial charge >= 0.3 is 5.97 Å². The summed E-state index contributed by atoms with van der Waals surface area (Å²) in [6.07, 6.45) is 1.82. The molecule has 180 valence electrons. The Bertz CT molecular complexity index is 1120. The van der Waals surface area contributed by atoms with E-state index < -0.39 is 32.5 Å². The predicted octanol–water partition coefficient (Wildman–Crippen LogP) is 1.25. The molecule has 2 heterocycles. The third-order valence-corrected chi connectivity index (χ3v) is 8.53. The zero-order valence-corrected chi connectivity index (χ0v) is 20.4. The van der Waals surface area contributed by atoms with Crippen LogP contribution in [0.15, 0.2) is 39.8 Å². The molecule has 9 nitrogen and oxygen atoms in total. The number of esters is 1. The number of rotatable bonds is 10. The molecule has 1 fully saturated rings. The first-order valence-corrected chi connectivity index (χ1v) is 13.8. The number of fused-ring (bicyclic) bond motifs is 1. The van der Waals surface area contributed by atoms with Gasteiger partial charge in [-0.3, -0.25) is 13.8 Å². The average Bonchev–Trinajstić information content (AvgIpc) is 3.06. The van der Waals surface area contributed by atoms with Gasteiger partial charge < -0.3 is 15.4 Å². The van der Waals surface area contributed by atoms with Crippen molar-refractivity contribution in [3.63, 3.8) is 0 Å². The van der Waals surface area contributed by atoms with Crippen LogP contribution in [0, 0.1) is 11.8 Å². The zero-order valence-electron chi connectivity index (χ0n) is 18.8. The van der Waals surface area contributed by atoms with Crippen molar-refractivity contribution in [2.45, 2.75) is 50.7 Å². The zero-order chi connectivity index (χ0) is 24.5. The molecule has 0 spiro atoms. The molecule has 1 aromatic rings. The Morgan fingerprint density at radius 2 is 1.88 bits per heavy atom. The van der Waals surface area contributed by atoms with Crippen LogP contribution in [0.25, 0.3) is 0 Å². The van der Waals surface area contributed by atoms with Crippen molar-refractivity contribution in [3.05, 3.63) is 40.4 Å². The predicted molar refractivity (Wildman–Crippen MR) is 121 cm³/mol. The molecule has 2 aliphatic heterocycles. The van der Waals surface area contributed by atoms with Crippen molar-refractivity contribution in [2.24, 2.45) is 17.6 Å². The summed E-state index contributed by atoms with van der Waals surface area (Å²) in [5.74, 6) is -1.46. The molecule has 2 aliphatic rings. The van der Waals surface area contributed by atoms with E-state index in [0.717, 1.165) is 6.26 Å². The van der Waals surface area contributed by atoms with Crippen LogP contribution in [0.4, 0.5) is 0 Å². The van der Waals surface area contributed by atoms with Crippen LogP contribution < -0.4 is 5.73 Å². The highest BCUT2D eigenvalue weighted by Crippen LogP contribution is 2.46. The molecule has 2 amide bonds. The second-order valence-corrected chi connectivity index (χ2v) is 12.2. The molecule has 0 aromatic heterocycles. The first-order valence-electron chi connectivity index (χ1n) is 10.6. The number of β-lactam (4-membered cyclic amide) rings is 1. The maximum absolute atomic E-state index is 13.0. The van der Waals surface area contributed by atoms with E-state index in [2.05, 4.69) is 0 Å². The average molecular weight is 497 g/mol. The minimum atomic E-state index is -3.34. The number of primary amides is 1. The summed E-state index contributed by atoms with van der Waals surface area (Å²) >= 11 is 0. The topological polar surface area (TPSA) is 141 Å². The van der Waals surface area contributed by atoms with Crippen molar-refractivity contribution in [1.82, 2.24) is 4.90 Å². The molecular formula is C22H28N2O7S2. The van der Waals surface area contributed by atoms with Gasteiger partial charge in [0, 0.05) is 29.8 Å². The molecular weight excluding hydrogens is 468 g/mol. The second-order valence-electron chi connectivity index (χ2n) is 8.63. The number of hydrogen-bond donors (Lipinski definition) is 1. The van der Waals surface area contributed by atoms with E-state index in [1.165, 1.54) is 17.0 Å². The number of nitrogens with zero attached hydrogens (tertiary/aromatic N) is 1. The number of nitrogens with two attached hydrogens (primary N) is 1. The molecule has 2 N–H and O–H groups in total. The third-order valence-electron chi connectivity index (χ3n) is 5.83. The smallest absolute Gasteiger partial charge is 0.356 e. The number of sulfone groups is 1. The van der Waals surface area contributed by atoms with Gasteiger partial charge in [0.05, 0.1) is 27.7 Å². The molecule has 0 saturated carbocycles. The maximum Gasteiger partial charge on any atom is 0.356 e. The first-order chi connectivity index (χ1) is 15.4. The molecule has 11 heteroatoms. The fourth-order valence-electron chi connectivity index (χ4n) is 4.18. The van der Waals surface area contributed by atoms with Gasteiger partial charge in [-0.2, -0.15) is 0 Å². The van der Waals surface area contributed by atoms with Crippen molar-refractivity contribution in [1.29, 1.82) is 0 Å². The Kier molecular flexibility index (Phi) is 7.42. The van der Waals surface area contributed by atoms with Gasteiger partial charge in [0.1, 0.15) is 12.3 Å². The maximum atomic E-state index is 13.0. The largest absolute Gasteiger partial charge is 0.456 e. The number of ether oxygens (including phenoxy) is 1. The summed E-state index contributed by atoms with van der Waals surface area (Å²) in [7, 11) is -4.90. The summed E-state index contributed by atoms with van der Waals surface area (Å²) in [6.45, 7) is 3.73. The van der Waals surface area contributed by atoms with Gasteiger partial charge in [0.15, 0.2) is 9.84 Å². The van der Waals surface area contributed by atoms with Crippen LogP contribution in [0.5, 0.6) is 0 Å².